The van der Waals surface area contributed by atoms with Crippen LogP contribution >= 0.6 is 15.9 Å². The van der Waals surface area contributed by atoms with E-state index in [0.717, 1.165) is 0 Å². The Bertz CT molecular complexity index is 735. The van der Waals surface area contributed by atoms with Crippen molar-refractivity contribution in [2.75, 3.05) is 5.32 Å². The number of hydrogen-bond donors (Lipinski definition) is 2. The van der Waals surface area contributed by atoms with Crippen molar-refractivity contribution in [1.82, 2.24) is 0 Å². The zero-order valence-corrected chi connectivity index (χ0v) is 13.8. The van der Waals surface area contributed by atoms with E-state index >= 15 is 0 Å². The van der Waals surface area contributed by atoms with Gasteiger partial charge in [0.2, 0.25) is 5.91 Å². The van der Waals surface area contributed by atoms with Crippen molar-refractivity contribution in [3.63, 3.8) is 0 Å². The molecule has 120 valence electrons. The predicted octanol–water partition coefficient (Wildman–Crippen LogP) is 3.09. The van der Waals surface area contributed by atoms with Gasteiger partial charge in [-0.3, -0.25) is 9.59 Å². The third-order valence-corrected chi connectivity index (χ3v) is 3.62. The molecule has 23 heavy (non-hydrogen) atoms. The van der Waals surface area contributed by atoms with E-state index in [-0.39, 0.29) is 5.91 Å². The molecule has 2 rings (SSSR count). The van der Waals surface area contributed by atoms with E-state index in [1.54, 1.807) is 19.1 Å². The summed E-state index contributed by atoms with van der Waals surface area (Å²) in [5.74, 6) is -0.970. The van der Waals surface area contributed by atoms with Crippen LogP contribution < -0.4 is 15.8 Å². The molecule has 2 aromatic rings. The fraction of sp³-hybridized carbons (Fsp3) is 0.125. The number of nitrogens with two attached hydrogens (primary N) is 1. The van der Waals surface area contributed by atoms with Crippen molar-refractivity contribution < 1.29 is 18.7 Å². The molecule has 0 radical (unpaired) electrons. The molecule has 0 aliphatic heterocycles. The average Bonchev–Trinajstić information content (AvgIpc) is 2.50. The van der Waals surface area contributed by atoms with Crippen LogP contribution in [0.2, 0.25) is 0 Å². The summed E-state index contributed by atoms with van der Waals surface area (Å²) in [4.78, 5) is 23.1. The fourth-order valence-corrected chi connectivity index (χ4v) is 2.22. The summed E-state index contributed by atoms with van der Waals surface area (Å²) in [6.45, 7) is 1.57. The largest absolute Gasteiger partial charge is 0.480 e. The Labute approximate surface area is 140 Å². The lowest BCUT2D eigenvalue weighted by molar-refractivity contribution is -0.122. The first-order valence-electron chi connectivity index (χ1n) is 6.69. The molecule has 0 aliphatic carbocycles. The maximum atomic E-state index is 13.0. The minimum atomic E-state index is -0.799. The lowest BCUT2D eigenvalue weighted by Gasteiger charge is -2.16. The monoisotopic (exact) mass is 380 g/mol. The maximum Gasteiger partial charge on any atom is 0.265 e. The van der Waals surface area contributed by atoms with E-state index in [0.29, 0.717) is 21.5 Å². The Balaban J connectivity index is 2.00. The van der Waals surface area contributed by atoms with Gasteiger partial charge in [0.1, 0.15) is 11.6 Å². The van der Waals surface area contributed by atoms with Crippen molar-refractivity contribution in [2.24, 2.45) is 5.73 Å². The first-order chi connectivity index (χ1) is 10.9. The minimum Gasteiger partial charge on any atom is -0.480 e. The van der Waals surface area contributed by atoms with Crippen LogP contribution in [-0.4, -0.2) is 17.9 Å². The van der Waals surface area contributed by atoms with Gasteiger partial charge in [-0.05, 0) is 65.3 Å². The number of rotatable bonds is 5. The van der Waals surface area contributed by atoms with Gasteiger partial charge in [0.25, 0.3) is 5.91 Å². The molecule has 2 amide bonds. The first kappa shape index (κ1) is 17.0. The molecule has 0 aliphatic rings. The third kappa shape index (κ3) is 4.53. The van der Waals surface area contributed by atoms with Gasteiger partial charge in [0, 0.05) is 11.3 Å². The van der Waals surface area contributed by atoms with E-state index in [1.807, 2.05) is 0 Å². The molecule has 7 heteroatoms. The first-order valence-corrected chi connectivity index (χ1v) is 7.48. The van der Waals surface area contributed by atoms with Crippen LogP contribution in [0.15, 0.2) is 46.9 Å². The fourth-order valence-electron chi connectivity index (χ4n) is 1.78. The number of benzene rings is 2. The summed E-state index contributed by atoms with van der Waals surface area (Å²) < 4.78 is 18.9. The zero-order chi connectivity index (χ0) is 17.0. The summed E-state index contributed by atoms with van der Waals surface area (Å²) in [7, 11) is 0. The molecule has 1 atom stereocenters. The number of anilines is 1. The smallest absolute Gasteiger partial charge is 0.265 e. The van der Waals surface area contributed by atoms with Gasteiger partial charge < -0.3 is 15.8 Å². The van der Waals surface area contributed by atoms with Crippen molar-refractivity contribution in [2.45, 2.75) is 13.0 Å². The van der Waals surface area contributed by atoms with Crippen LogP contribution in [0.3, 0.4) is 0 Å². The summed E-state index contributed by atoms with van der Waals surface area (Å²) >= 11 is 3.17. The van der Waals surface area contributed by atoms with Crippen LogP contribution in [-0.2, 0) is 4.79 Å². The maximum absolute atomic E-state index is 13.0. The van der Waals surface area contributed by atoms with E-state index in [1.165, 1.54) is 30.3 Å². The Hall–Kier alpha value is -2.41. The number of carbonyl (C=O) groups is 2. The minimum absolute atomic E-state index is 0.350. The summed E-state index contributed by atoms with van der Waals surface area (Å²) in [5, 5.41) is 2.65. The topological polar surface area (TPSA) is 81.4 Å². The van der Waals surface area contributed by atoms with E-state index in [4.69, 9.17) is 10.5 Å². The Morgan fingerprint density at radius 2 is 1.87 bits per heavy atom. The number of carbonyl (C=O) groups excluding carboxylic acids is 2. The Morgan fingerprint density at radius 1 is 1.22 bits per heavy atom. The van der Waals surface area contributed by atoms with Gasteiger partial charge in [-0.15, -0.1) is 0 Å². The molecule has 3 N–H and O–H groups in total. The number of amides is 2. The molecule has 0 fully saturated rings. The molecule has 2 aromatic carbocycles. The van der Waals surface area contributed by atoms with Gasteiger partial charge in [-0.2, -0.15) is 0 Å². The van der Waals surface area contributed by atoms with E-state index < -0.39 is 17.8 Å². The summed E-state index contributed by atoms with van der Waals surface area (Å²) in [6, 6.07) is 10.1. The van der Waals surface area contributed by atoms with Crippen LogP contribution in [0.4, 0.5) is 10.1 Å². The highest BCUT2D eigenvalue weighted by molar-refractivity contribution is 9.10. The third-order valence-electron chi connectivity index (χ3n) is 3.00. The van der Waals surface area contributed by atoms with Gasteiger partial charge >= 0.3 is 0 Å². The normalized spacial score (nSPS) is 11.6. The van der Waals surface area contributed by atoms with Crippen molar-refractivity contribution in [3.8, 4) is 5.75 Å². The number of halogens is 2. The lowest BCUT2D eigenvalue weighted by atomic mass is 10.2. The average molecular weight is 381 g/mol. The lowest BCUT2D eigenvalue weighted by Crippen LogP contribution is -2.30. The van der Waals surface area contributed by atoms with E-state index in [9.17, 15) is 14.0 Å². The van der Waals surface area contributed by atoms with Crippen LogP contribution in [0, 0.1) is 5.82 Å². The second kappa shape index (κ2) is 7.23. The Morgan fingerprint density at radius 3 is 2.43 bits per heavy atom. The molecule has 0 unspecified atom stereocenters. The van der Waals surface area contributed by atoms with Gasteiger partial charge in [-0.25, -0.2) is 4.39 Å². The quantitative estimate of drug-likeness (QED) is 0.835. The highest BCUT2D eigenvalue weighted by atomic mass is 79.9. The van der Waals surface area contributed by atoms with Crippen molar-refractivity contribution in [1.29, 1.82) is 0 Å². The Kier molecular flexibility index (Phi) is 5.33. The van der Waals surface area contributed by atoms with Crippen LogP contribution in [0.1, 0.15) is 17.3 Å². The standard InChI is InChI=1S/C16H14BrFN2O3/c1-9(23-14-7-4-11(18)8-13(14)17)16(22)20-12-5-2-10(3-6-12)15(19)21/h2-9H,1H3,(H2,19,21)(H,20,22)/t9-/m0/s1. The predicted molar refractivity (Wildman–Crippen MR) is 87.8 cm³/mol. The van der Waals surface area contributed by atoms with Crippen molar-refractivity contribution >= 4 is 33.4 Å². The molecule has 0 saturated carbocycles. The highest BCUT2D eigenvalue weighted by Gasteiger charge is 2.16. The van der Waals surface area contributed by atoms with Crippen LogP contribution in [0.5, 0.6) is 5.75 Å². The number of hydrogen-bond acceptors (Lipinski definition) is 3. The summed E-state index contributed by atoms with van der Waals surface area (Å²) in [6.07, 6.45) is -0.799. The number of primary amides is 1. The molecule has 0 aromatic heterocycles. The molecule has 0 heterocycles. The second-order valence-electron chi connectivity index (χ2n) is 4.77. The van der Waals surface area contributed by atoms with Gasteiger partial charge in [0.15, 0.2) is 6.10 Å². The second-order valence-corrected chi connectivity index (χ2v) is 5.62. The molecular weight excluding hydrogens is 367 g/mol. The molecular formula is C16H14BrFN2O3. The SMILES string of the molecule is C[C@H](Oc1ccc(F)cc1Br)C(=O)Nc1ccc(C(N)=O)cc1. The number of ether oxygens (including phenoxy) is 1. The molecule has 0 bridgehead atoms. The highest BCUT2D eigenvalue weighted by Crippen LogP contribution is 2.26. The summed E-state index contributed by atoms with van der Waals surface area (Å²) in [5.41, 5.74) is 6.00. The zero-order valence-electron chi connectivity index (χ0n) is 12.2. The van der Waals surface area contributed by atoms with Crippen molar-refractivity contribution in [3.05, 3.63) is 58.3 Å². The van der Waals surface area contributed by atoms with Gasteiger partial charge in [-0.1, -0.05) is 0 Å². The van der Waals surface area contributed by atoms with E-state index in [2.05, 4.69) is 21.2 Å². The van der Waals surface area contributed by atoms with Gasteiger partial charge in [0.05, 0.1) is 4.47 Å². The molecule has 5 nitrogen and oxygen atoms in total. The van der Waals surface area contributed by atoms with Crippen LogP contribution in [0.25, 0.3) is 0 Å². The number of nitrogens with one attached hydrogen (secondary N) is 1. The molecule has 0 saturated heterocycles. The molecule has 0 spiro atoms.